The zero-order valence-corrected chi connectivity index (χ0v) is 7.54. The lowest BCUT2D eigenvalue weighted by atomic mass is 10.3. The maximum Gasteiger partial charge on any atom is 0.196 e. The molecule has 0 unspecified atom stereocenters. The minimum absolute atomic E-state index is 0.00221. The Hall–Kier alpha value is -1.08. The van der Waals surface area contributed by atoms with Gasteiger partial charge in [0.05, 0.1) is 11.9 Å². The summed E-state index contributed by atoms with van der Waals surface area (Å²) in [5.74, 6) is 0.583. The molecule has 1 rings (SSSR count). The topological polar surface area (TPSA) is 46.5 Å². The van der Waals surface area contributed by atoms with E-state index in [2.05, 4.69) is 0 Å². The minimum atomic E-state index is -0.181. The Labute approximate surface area is 72.2 Å². The third-order valence-corrected chi connectivity index (χ3v) is 1.93. The molecule has 0 radical (unpaired) electrons. The Morgan fingerprint density at radius 2 is 2.33 bits per heavy atom. The lowest BCUT2D eigenvalue weighted by Crippen LogP contribution is -1.95. The van der Waals surface area contributed by atoms with E-state index in [-0.39, 0.29) is 14.2 Å². The molecule has 0 saturated carbocycles. The van der Waals surface area contributed by atoms with Crippen LogP contribution in [-0.4, -0.2) is 11.7 Å². The van der Waals surface area contributed by atoms with Crippen molar-refractivity contribution in [3.05, 3.63) is 18.2 Å². The molecule has 0 spiro atoms. The van der Waals surface area contributed by atoms with Crippen molar-refractivity contribution >= 4 is 13.8 Å². The van der Waals surface area contributed by atoms with Gasteiger partial charge in [-0.1, -0.05) is 0 Å². The highest BCUT2D eigenvalue weighted by molar-refractivity contribution is 7.34. The predicted octanol–water partition coefficient (Wildman–Crippen LogP) is 1.71. The van der Waals surface area contributed by atoms with Gasteiger partial charge in [-0.05, 0) is 19.1 Å². The standard InChI is InChI=1S/C8H9O3P/c1-2-11-6-3-4-8(12-10)7(9)5-6/h3-5,9H,2H2,1H3. The van der Waals surface area contributed by atoms with Gasteiger partial charge in [-0.2, -0.15) is 0 Å². The number of ether oxygens (including phenoxy) is 1. The molecule has 0 aliphatic heterocycles. The fourth-order valence-electron chi connectivity index (χ4n) is 0.837. The SMILES string of the molecule is CCOc1ccc(P=O)c(O)c1. The van der Waals surface area contributed by atoms with Gasteiger partial charge in [0.2, 0.25) is 0 Å². The molecule has 1 aromatic carbocycles. The molecule has 4 heteroatoms. The van der Waals surface area contributed by atoms with Crippen molar-refractivity contribution < 1.29 is 14.4 Å². The molecule has 0 saturated heterocycles. The second kappa shape index (κ2) is 4.07. The molecule has 64 valence electrons. The summed E-state index contributed by atoms with van der Waals surface area (Å²) >= 11 is 0. The summed E-state index contributed by atoms with van der Waals surface area (Å²) in [4.78, 5) is 0. The largest absolute Gasteiger partial charge is 0.507 e. The number of aromatic hydroxyl groups is 1. The highest BCUT2D eigenvalue weighted by Gasteiger charge is 2.01. The number of phenols is 1. The normalized spacial score (nSPS) is 10.1. The third kappa shape index (κ3) is 1.95. The monoisotopic (exact) mass is 184 g/mol. The van der Waals surface area contributed by atoms with E-state index >= 15 is 0 Å². The lowest BCUT2D eigenvalue weighted by molar-refractivity contribution is 0.338. The maximum absolute atomic E-state index is 10.4. The molecule has 0 heterocycles. The molecule has 0 amide bonds. The zero-order chi connectivity index (χ0) is 8.97. The van der Waals surface area contributed by atoms with Crippen LogP contribution < -0.4 is 10.0 Å². The number of hydrogen-bond donors (Lipinski definition) is 1. The fraction of sp³-hybridized carbons (Fsp3) is 0.250. The molecule has 3 nitrogen and oxygen atoms in total. The van der Waals surface area contributed by atoms with Gasteiger partial charge in [0, 0.05) is 6.07 Å². The van der Waals surface area contributed by atoms with Gasteiger partial charge in [0.25, 0.3) is 0 Å². The second-order valence-corrected chi connectivity index (χ2v) is 2.84. The van der Waals surface area contributed by atoms with Gasteiger partial charge in [0.15, 0.2) is 8.46 Å². The maximum atomic E-state index is 10.4. The van der Waals surface area contributed by atoms with E-state index in [4.69, 9.17) is 4.74 Å². The predicted molar refractivity (Wildman–Crippen MR) is 46.5 cm³/mol. The van der Waals surface area contributed by atoms with E-state index in [1.807, 2.05) is 6.92 Å². The highest BCUT2D eigenvalue weighted by atomic mass is 31.1. The number of benzene rings is 1. The summed E-state index contributed by atoms with van der Waals surface area (Å²) in [5, 5.41) is 9.60. The molecule has 0 atom stereocenters. The number of hydrogen-bond acceptors (Lipinski definition) is 3. The van der Waals surface area contributed by atoms with Crippen LogP contribution in [0.15, 0.2) is 18.2 Å². The first-order chi connectivity index (χ1) is 5.77. The molecule has 0 bridgehead atoms. The lowest BCUT2D eigenvalue weighted by Gasteiger charge is -2.03. The van der Waals surface area contributed by atoms with Crippen LogP contribution in [0.4, 0.5) is 0 Å². The zero-order valence-electron chi connectivity index (χ0n) is 6.65. The Bertz CT molecular complexity index is 286. The molecule has 0 fully saturated rings. The quantitative estimate of drug-likeness (QED) is 0.727. The summed E-state index contributed by atoms with van der Waals surface area (Å²) in [5.41, 5.74) is 0. The molecule has 12 heavy (non-hydrogen) atoms. The Balaban J connectivity index is 2.93. The molecule has 0 aliphatic rings. The van der Waals surface area contributed by atoms with Crippen LogP contribution in [0.2, 0.25) is 0 Å². The van der Waals surface area contributed by atoms with E-state index in [0.29, 0.717) is 17.7 Å². The van der Waals surface area contributed by atoms with Crippen molar-refractivity contribution in [3.8, 4) is 11.5 Å². The second-order valence-electron chi connectivity index (χ2n) is 2.17. The molecule has 1 aromatic rings. The molecular formula is C8H9O3P. The van der Waals surface area contributed by atoms with Crippen LogP contribution in [0.1, 0.15) is 6.92 Å². The van der Waals surface area contributed by atoms with Crippen LogP contribution in [0.5, 0.6) is 11.5 Å². The van der Waals surface area contributed by atoms with Crippen LogP contribution >= 0.6 is 8.46 Å². The first-order valence-electron chi connectivity index (χ1n) is 3.57. The van der Waals surface area contributed by atoms with E-state index in [1.54, 1.807) is 12.1 Å². The van der Waals surface area contributed by atoms with E-state index in [9.17, 15) is 9.67 Å². The van der Waals surface area contributed by atoms with Crippen molar-refractivity contribution in [2.45, 2.75) is 6.92 Å². The number of phenolic OH excluding ortho intramolecular Hbond substituents is 1. The summed E-state index contributed by atoms with van der Waals surface area (Å²) in [6, 6.07) is 4.68. The third-order valence-electron chi connectivity index (χ3n) is 1.36. The Kier molecular flexibility index (Phi) is 3.06. The van der Waals surface area contributed by atoms with Gasteiger partial charge < -0.3 is 9.84 Å². The fourth-order valence-corrected chi connectivity index (χ4v) is 1.13. The van der Waals surface area contributed by atoms with Crippen molar-refractivity contribution in [1.82, 2.24) is 0 Å². The summed E-state index contributed by atoms with van der Waals surface area (Å²) in [7, 11) is -0.181. The van der Waals surface area contributed by atoms with Gasteiger partial charge in [-0.15, -0.1) is 0 Å². The number of rotatable bonds is 3. The van der Waals surface area contributed by atoms with Crippen molar-refractivity contribution in [2.24, 2.45) is 0 Å². The Morgan fingerprint density at radius 1 is 1.58 bits per heavy atom. The van der Waals surface area contributed by atoms with Gasteiger partial charge in [-0.25, -0.2) is 0 Å². The van der Waals surface area contributed by atoms with Gasteiger partial charge >= 0.3 is 0 Å². The van der Waals surface area contributed by atoms with Gasteiger partial charge in [-0.3, -0.25) is 4.57 Å². The summed E-state index contributed by atoms with van der Waals surface area (Å²) in [6.07, 6.45) is 0. The molecular weight excluding hydrogens is 175 g/mol. The van der Waals surface area contributed by atoms with Gasteiger partial charge in [0.1, 0.15) is 11.5 Å². The van der Waals surface area contributed by atoms with E-state index in [1.165, 1.54) is 6.07 Å². The smallest absolute Gasteiger partial charge is 0.196 e. The minimum Gasteiger partial charge on any atom is -0.507 e. The van der Waals surface area contributed by atoms with Crippen LogP contribution in [0.3, 0.4) is 0 Å². The van der Waals surface area contributed by atoms with Crippen molar-refractivity contribution in [1.29, 1.82) is 0 Å². The highest BCUT2D eigenvalue weighted by Crippen LogP contribution is 2.19. The van der Waals surface area contributed by atoms with E-state index < -0.39 is 0 Å². The molecule has 1 N–H and O–H groups in total. The molecule has 0 aromatic heterocycles. The Morgan fingerprint density at radius 3 is 2.83 bits per heavy atom. The van der Waals surface area contributed by atoms with Crippen LogP contribution in [0, 0.1) is 0 Å². The van der Waals surface area contributed by atoms with Crippen molar-refractivity contribution in [2.75, 3.05) is 6.61 Å². The molecule has 0 aliphatic carbocycles. The summed E-state index contributed by atoms with van der Waals surface area (Å²) < 4.78 is 15.5. The average molecular weight is 184 g/mol. The van der Waals surface area contributed by atoms with Crippen molar-refractivity contribution in [3.63, 3.8) is 0 Å². The first kappa shape index (κ1) is 9.01. The summed E-state index contributed by atoms with van der Waals surface area (Å²) in [6.45, 7) is 2.41. The average Bonchev–Trinajstić information content (AvgIpc) is 2.05. The first-order valence-corrected chi connectivity index (χ1v) is 4.38. The van der Waals surface area contributed by atoms with Crippen LogP contribution in [-0.2, 0) is 4.57 Å². The van der Waals surface area contributed by atoms with E-state index in [0.717, 1.165) is 0 Å². The van der Waals surface area contributed by atoms with Crippen LogP contribution in [0.25, 0.3) is 0 Å².